The molecule has 6 nitrogen and oxygen atoms in total. The van der Waals surface area contributed by atoms with E-state index in [0.29, 0.717) is 11.0 Å². The van der Waals surface area contributed by atoms with E-state index in [-0.39, 0.29) is 5.56 Å². The number of aromatic nitrogens is 2. The summed E-state index contributed by atoms with van der Waals surface area (Å²) in [6.07, 6.45) is 1.65. The van der Waals surface area contributed by atoms with E-state index in [0.717, 1.165) is 49.4 Å². The Morgan fingerprint density at radius 3 is 2.27 bits per heavy atom. The van der Waals surface area contributed by atoms with Crippen molar-refractivity contribution in [1.29, 1.82) is 0 Å². The number of hydrogen-bond donors (Lipinski definition) is 1. The van der Waals surface area contributed by atoms with E-state index in [4.69, 9.17) is 0 Å². The fourth-order valence-electron chi connectivity index (χ4n) is 4.59. The fraction of sp³-hybridized carbons (Fsp3) is 0.259. The largest absolute Gasteiger partial charge is 0.478 e. The molecule has 6 heteroatoms. The maximum absolute atomic E-state index is 11.8. The van der Waals surface area contributed by atoms with Gasteiger partial charge in [0, 0.05) is 39.8 Å². The highest BCUT2D eigenvalue weighted by atomic mass is 16.4. The highest BCUT2D eigenvalue weighted by molar-refractivity contribution is 6.03. The first-order valence-electron chi connectivity index (χ1n) is 11.3. The standard InChI is InChI=1S/C27H28N4O2/c1-29-10-12-31(13-11-29)17-19-4-3-5-22(14-19)20-6-8-21(9-7-20)23-15-24(27(32)33)26-25(16-23)28-18-30(26)2/h3-9,14-16,18H,10-13,17H2,1-2H3,(H,32,33). The van der Waals surface area contributed by atoms with Gasteiger partial charge in [0.05, 0.1) is 22.9 Å². The van der Waals surface area contributed by atoms with Crippen LogP contribution in [0.15, 0.2) is 67.0 Å². The Balaban J connectivity index is 1.40. The van der Waals surface area contributed by atoms with E-state index < -0.39 is 5.97 Å². The summed E-state index contributed by atoms with van der Waals surface area (Å²) < 4.78 is 1.75. The lowest BCUT2D eigenvalue weighted by Crippen LogP contribution is -2.43. The zero-order chi connectivity index (χ0) is 22.9. The topological polar surface area (TPSA) is 61.6 Å². The van der Waals surface area contributed by atoms with Crippen molar-refractivity contribution in [3.05, 3.63) is 78.1 Å². The van der Waals surface area contributed by atoms with Gasteiger partial charge in [-0.05, 0) is 53.1 Å². The number of benzene rings is 3. The molecule has 1 saturated heterocycles. The van der Waals surface area contributed by atoms with Gasteiger partial charge in [-0.25, -0.2) is 9.78 Å². The molecule has 2 heterocycles. The van der Waals surface area contributed by atoms with Gasteiger partial charge in [-0.1, -0.05) is 42.5 Å². The molecule has 5 rings (SSSR count). The molecule has 0 aliphatic carbocycles. The summed E-state index contributed by atoms with van der Waals surface area (Å²) in [7, 11) is 3.99. The van der Waals surface area contributed by atoms with Gasteiger partial charge in [0.1, 0.15) is 0 Å². The minimum absolute atomic E-state index is 0.267. The number of rotatable bonds is 5. The predicted molar refractivity (Wildman–Crippen MR) is 131 cm³/mol. The molecule has 0 spiro atoms. The Morgan fingerprint density at radius 2 is 1.58 bits per heavy atom. The minimum atomic E-state index is -0.945. The predicted octanol–water partition coefficient (Wildman–Crippen LogP) is 4.35. The number of likely N-dealkylation sites (N-methyl/N-ethyl adjacent to an activating group) is 1. The van der Waals surface area contributed by atoms with Gasteiger partial charge in [0.25, 0.3) is 0 Å². The van der Waals surface area contributed by atoms with E-state index >= 15 is 0 Å². The summed E-state index contributed by atoms with van der Waals surface area (Å²) in [5.74, 6) is -0.945. The quantitative estimate of drug-likeness (QED) is 0.500. The molecule has 0 saturated carbocycles. The molecule has 168 valence electrons. The first kappa shape index (κ1) is 21.4. The van der Waals surface area contributed by atoms with E-state index in [2.05, 4.69) is 70.4 Å². The van der Waals surface area contributed by atoms with Crippen molar-refractivity contribution in [3.8, 4) is 22.3 Å². The highest BCUT2D eigenvalue weighted by Crippen LogP contribution is 2.30. The first-order chi connectivity index (χ1) is 16.0. The van der Waals surface area contributed by atoms with Crippen molar-refractivity contribution in [2.24, 2.45) is 7.05 Å². The maximum Gasteiger partial charge on any atom is 0.337 e. The van der Waals surface area contributed by atoms with Crippen molar-refractivity contribution in [1.82, 2.24) is 19.4 Å². The zero-order valence-electron chi connectivity index (χ0n) is 19.0. The van der Waals surface area contributed by atoms with Crippen LogP contribution in [0.4, 0.5) is 0 Å². The second kappa shape index (κ2) is 8.81. The Morgan fingerprint density at radius 1 is 0.879 bits per heavy atom. The first-order valence-corrected chi connectivity index (χ1v) is 11.3. The van der Waals surface area contributed by atoms with Gasteiger partial charge in [0.15, 0.2) is 0 Å². The third-order valence-electron chi connectivity index (χ3n) is 6.52. The van der Waals surface area contributed by atoms with Gasteiger partial charge in [-0.3, -0.25) is 4.90 Å². The molecule has 0 unspecified atom stereocenters. The number of aromatic carboxylic acids is 1. The molecular formula is C27H28N4O2. The molecular weight excluding hydrogens is 412 g/mol. The van der Waals surface area contributed by atoms with Crippen LogP contribution in [0.2, 0.25) is 0 Å². The fourth-order valence-corrected chi connectivity index (χ4v) is 4.59. The van der Waals surface area contributed by atoms with Crippen molar-refractivity contribution in [2.75, 3.05) is 33.2 Å². The summed E-state index contributed by atoms with van der Waals surface area (Å²) in [6, 6.07) is 20.7. The third kappa shape index (κ3) is 4.40. The Kier molecular flexibility index (Phi) is 5.70. The number of carboxylic acid groups (broad SMARTS) is 1. The molecule has 1 fully saturated rings. The van der Waals surface area contributed by atoms with Crippen molar-refractivity contribution in [2.45, 2.75) is 6.54 Å². The smallest absolute Gasteiger partial charge is 0.337 e. The molecule has 0 radical (unpaired) electrons. The zero-order valence-corrected chi connectivity index (χ0v) is 19.0. The van der Waals surface area contributed by atoms with Crippen LogP contribution in [0.1, 0.15) is 15.9 Å². The monoisotopic (exact) mass is 440 g/mol. The third-order valence-corrected chi connectivity index (χ3v) is 6.52. The van der Waals surface area contributed by atoms with Crippen LogP contribution in [-0.2, 0) is 13.6 Å². The molecule has 1 N–H and O–H groups in total. The highest BCUT2D eigenvalue weighted by Gasteiger charge is 2.16. The average molecular weight is 441 g/mol. The van der Waals surface area contributed by atoms with Gasteiger partial charge < -0.3 is 14.6 Å². The molecule has 1 aliphatic rings. The molecule has 0 amide bonds. The molecule has 1 aliphatic heterocycles. The van der Waals surface area contributed by atoms with Gasteiger partial charge >= 0.3 is 5.97 Å². The summed E-state index contributed by atoms with van der Waals surface area (Å²) in [5.41, 5.74) is 7.09. The van der Waals surface area contributed by atoms with Crippen LogP contribution in [0, 0.1) is 0 Å². The number of hydrogen-bond acceptors (Lipinski definition) is 4. The molecule has 3 aromatic carbocycles. The SMILES string of the molecule is CN1CCN(Cc2cccc(-c3ccc(-c4cc(C(=O)O)c5c(c4)ncn5C)cc3)c2)CC1. The van der Waals surface area contributed by atoms with E-state index in [9.17, 15) is 9.90 Å². The molecule has 0 atom stereocenters. The van der Waals surface area contributed by atoms with Crippen LogP contribution in [-0.4, -0.2) is 63.7 Å². The normalized spacial score (nSPS) is 15.2. The van der Waals surface area contributed by atoms with E-state index in [1.54, 1.807) is 17.0 Å². The van der Waals surface area contributed by atoms with Crippen LogP contribution < -0.4 is 0 Å². The number of fused-ring (bicyclic) bond motifs is 1. The molecule has 4 aromatic rings. The van der Waals surface area contributed by atoms with Crippen molar-refractivity contribution < 1.29 is 9.90 Å². The van der Waals surface area contributed by atoms with E-state index in [1.165, 1.54) is 11.1 Å². The number of nitrogens with zero attached hydrogens (tertiary/aromatic N) is 4. The van der Waals surface area contributed by atoms with E-state index in [1.807, 2.05) is 13.1 Å². The number of aryl methyl sites for hydroxylation is 1. The number of carboxylic acids is 1. The number of piperazine rings is 1. The minimum Gasteiger partial charge on any atom is -0.478 e. The Bertz CT molecular complexity index is 1300. The van der Waals surface area contributed by atoms with Crippen LogP contribution >= 0.6 is 0 Å². The van der Waals surface area contributed by atoms with Gasteiger partial charge in [0.2, 0.25) is 0 Å². The van der Waals surface area contributed by atoms with Crippen LogP contribution in [0.25, 0.3) is 33.3 Å². The maximum atomic E-state index is 11.8. The summed E-state index contributed by atoms with van der Waals surface area (Å²) >= 11 is 0. The lowest BCUT2D eigenvalue weighted by molar-refractivity contribution is 0.0698. The average Bonchev–Trinajstić information content (AvgIpc) is 3.21. The van der Waals surface area contributed by atoms with Gasteiger partial charge in [-0.15, -0.1) is 0 Å². The van der Waals surface area contributed by atoms with Gasteiger partial charge in [-0.2, -0.15) is 0 Å². The summed E-state index contributed by atoms with van der Waals surface area (Å²) in [4.78, 5) is 21.1. The lowest BCUT2D eigenvalue weighted by Gasteiger charge is -2.32. The summed E-state index contributed by atoms with van der Waals surface area (Å²) in [5, 5.41) is 9.70. The second-order valence-electron chi connectivity index (χ2n) is 8.91. The second-order valence-corrected chi connectivity index (χ2v) is 8.91. The van der Waals surface area contributed by atoms with Crippen molar-refractivity contribution in [3.63, 3.8) is 0 Å². The van der Waals surface area contributed by atoms with Crippen LogP contribution in [0.3, 0.4) is 0 Å². The Hall–Kier alpha value is -3.48. The molecule has 0 bridgehead atoms. The summed E-state index contributed by atoms with van der Waals surface area (Å²) in [6.45, 7) is 5.43. The van der Waals surface area contributed by atoms with Crippen LogP contribution in [0.5, 0.6) is 0 Å². The lowest BCUT2D eigenvalue weighted by atomic mass is 9.97. The van der Waals surface area contributed by atoms with Crippen molar-refractivity contribution >= 4 is 17.0 Å². The number of imidazole rings is 1. The molecule has 1 aromatic heterocycles. The molecule has 33 heavy (non-hydrogen) atoms. The Labute approximate surface area is 193 Å². The number of carbonyl (C=O) groups is 1.